The van der Waals surface area contributed by atoms with Crippen LogP contribution >= 0.6 is 15.9 Å². The average molecular weight is 263 g/mol. The number of hydrogen-bond donors (Lipinski definition) is 1. The zero-order chi connectivity index (χ0) is 10.7. The van der Waals surface area contributed by atoms with Gasteiger partial charge in [0.05, 0.1) is 16.8 Å². The number of nitrogens with zero attached hydrogens (tertiary/aromatic N) is 1. The SMILES string of the molecule is Cc1c(N)cn(CCCF)c(=O)c1Br. The maximum absolute atomic E-state index is 11.9. The topological polar surface area (TPSA) is 48.0 Å². The Morgan fingerprint density at radius 3 is 2.86 bits per heavy atom. The van der Waals surface area contributed by atoms with Crippen molar-refractivity contribution in [1.82, 2.24) is 4.57 Å². The second-order valence-electron chi connectivity index (χ2n) is 3.06. The van der Waals surface area contributed by atoms with Crippen LogP contribution in [-0.4, -0.2) is 11.2 Å². The first-order valence-electron chi connectivity index (χ1n) is 4.29. The number of aromatic nitrogens is 1. The highest BCUT2D eigenvalue weighted by Gasteiger charge is 2.07. The summed E-state index contributed by atoms with van der Waals surface area (Å²) in [6.07, 6.45) is 1.88. The van der Waals surface area contributed by atoms with Crippen LogP contribution in [-0.2, 0) is 6.54 Å². The highest BCUT2D eigenvalue weighted by atomic mass is 79.9. The molecule has 14 heavy (non-hydrogen) atoms. The largest absolute Gasteiger partial charge is 0.397 e. The van der Waals surface area contributed by atoms with Crippen molar-refractivity contribution in [3.63, 3.8) is 0 Å². The van der Waals surface area contributed by atoms with Crippen LogP contribution in [0.15, 0.2) is 15.5 Å². The Labute approximate surface area is 89.9 Å². The molecule has 0 bridgehead atoms. The molecule has 0 atom stereocenters. The number of anilines is 1. The molecule has 0 fully saturated rings. The van der Waals surface area contributed by atoms with Gasteiger partial charge in [0.15, 0.2) is 0 Å². The predicted molar refractivity (Wildman–Crippen MR) is 58.1 cm³/mol. The van der Waals surface area contributed by atoms with Gasteiger partial charge in [-0.15, -0.1) is 0 Å². The van der Waals surface area contributed by atoms with E-state index in [9.17, 15) is 9.18 Å². The van der Waals surface area contributed by atoms with E-state index in [0.29, 0.717) is 23.1 Å². The van der Waals surface area contributed by atoms with Crippen molar-refractivity contribution in [2.75, 3.05) is 12.4 Å². The number of aryl methyl sites for hydroxylation is 1. The van der Waals surface area contributed by atoms with Crippen LogP contribution in [0.25, 0.3) is 0 Å². The number of nitrogens with two attached hydrogens (primary N) is 1. The summed E-state index contributed by atoms with van der Waals surface area (Å²) in [4.78, 5) is 11.6. The third kappa shape index (κ3) is 2.15. The lowest BCUT2D eigenvalue weighted by molar-refractivity contribution is 0.443. The molecule has 2 N–H and O–H groups in total. The van der Waals surface area contributed by atoms with E-state index in [1.54, 1.807) is 13.1 Å². The smallest absolute Gasteiger partial charge is 0.265 e. The molecular weight excluding hydrogens is 251 g/mol. The molecule has 0 saturated carbocycles. The Kier molecular flexibility index (Phi) is 3.69. The van der Waals surface area contributed by atoms with Gasteiger partial charge in [0.1, 0.15) is 0 Å². The van der Waals surface area contributed by atoms with E-state index in [4.69, 9.17) is 5.73 Å². The molecule has 78 valence electrons. The van der Waals surface area contributed by atoms with Crippen LogP contribution in [0.3, 0.4) is 0 Å². The number of halogens is 2. The van der Waals surface area contributed by atoms with Crippen LogP contribution in [0.2, 0.25) is 0 Å². The third-order valence-electron chi connectivity index (χ3n) is 2.04. The van der Waals surface area contributed by atoms with E-state index in [2.05, 4.69) is 15.9 Å². The summed E-state index contributed by atoms with van der Waals surface area (Å²) in [5.74, 6) is 0. The number of nitrogen functional groups attached to an aromatic ring is 1. The molecule has 0 aliphatic heterocycles. The van der Waals surface area contributed by atoms with Gasteiger partial charge in [-0.05, 0) is 34.8 Å². The zero-order valence-corrected chi connectivity index (χ0v) is 9.47. The van der Waals surface area contributed by atoms with Crippen LogP contribution in [0.4, 0.5) is 10.1 Å². The molecule has 1 heterocycles. The Morgan fingerprint density at radius 1 is 1.64 bits per heavy atom. The normalized spacial score (nSPS) is 10.5. The Balaban J connectivity index is 3.13. The molecule has 0 unspecified atom stereocenters. The first-order chi connectivity index (χ1) is 6.57. The molecule has 0 aliphatic carbocycles. The van der Waals surface area contributed by atoms with Gasteiger partial charge in [-0.3, -0.25) is 9.18 Å². The van der Waals surface area contributed by atoms with Crippen molar-refractivity contribution in [3.8, 4) is 0 Å². The first kappa shape index (κ1) is 11.2. The van der Waals surface area contributed by atoms with Gasteiger partial charge in [0, 0.05) is 12.7 Å². The zero-order valence-electron chi connectivity index (χ0n) is 7.89. The first-order valence-corrected chi connectivity index (χ1v) is 5.08. The van der Waals surface area contributed by atoms with Crippen molar-refractivity contribution in [2.24, 2.45) is 0 Å². The number of rotatable bonds is 3. The minimum absolute atomic E-state index is 0.162. The minimum atomic E-state index is -0.433. The lowest BCUT2D eigenvalue weighted by Crippen LogP contribution is -2.22. The summed E-state index contributed by atoms with van der Waals surface area (Å²) in [5, 5.41) is 0. The van der Waals surface area contributed by atoms with Crippen LogP contribution in [0.5, 0.6) is 0 Å². The summed E-state index contributed by atoms with van der Waals surface area (Å²) in [5.41, 5.74) is 6.78. The van der Waals surface area contributed by atoms with Gasteiger partial charge in [0.25, 0.3) is 5.56 Å². The Morgan fingerprint density at radius 2 is 2.29 bits per heavy atom. The summed E-state index contributed by atoms with van der Waals surface area (Å²) in [6, 6.07) is 0. The molecular formula is C9H12BrFN2O. The van der Waals surface area contributed by atoms with E-state index < -0.39 is 6.67 Å². The van der Waals surface area contributed by atoms with E-state index >= 15 is 0 Å². The minimum Gasteiger partial charge on any atom is -0.397 e. The molecule has 1 rings (SSSR count). The summed E-state index contributed by atoms with van der Waals surface area (Å²) in [6.45, 7) is 1.69. The summed E-state index contributed by atoms with van der Waals surface area (Å²) >= 11 is 3.17. The number of hydrogen-bond acceptors (Lipinski definition) is 2. The second kappa shape index (κ2) is 4.59. The van der Waals surface area contributed by atoms with Gasteiger partial charge in [0.2, 0.25) is 0 Å². The van der Waals surface area contributed by atoms with Gasteiger partial charge in [-0.2, -0.15) is 0 Å². The fourth-order valence-corrected chi connectivity index (χ4v) is 1.59. The summed E-state index contributed by atoms with van der Waals surface area (Å²) in [7, 11) is 0. The van der Waals surface area contributed by atoms with Crippen LogP contribution in [0.1, 0.15) is 12.0 Å². The molecule has 1 aromatic heterocycles. The number of alkyl halides is 1. The molecule has 3 nitrogen and oxygen atoms in total. The quantitative estimate of drug-likeness (QED) is 0.904. The standard InChI is InChI=1S/C9H12BrFN2O/c1-6-7(12)5-13(4-2-3-11)9(14)8(6)10/h5H,2-4,12H2,1H3. The Bertz CT molecular complexity index is 389. The maximum Gasteiger partial charge on any atom is 0.265 e. The molecule has 5 heteroatoms. The molecule has 0 aliphatic rings. The van der Waals surface area contributed by atoms with Crippen molar-refractivity contribution in [3.05, 3.63) is 26.6 Å². The lowest BCUT2D eigenvalue weighted by atomic mass is 10.2. The van der Waals surface area contributed by atoms with Crippen LogP contribution < -0.4 is 11.3 Å². The van der Waals surface area contributed by atoms with Crippen molar-refractivity contribution >= 4 is 21.6 Å². The average Bonchev–Trinajstić information content (AvgIpc) is 2.18. The van der Waals surface area contributed by atoms with E-state index in [0.717, 1.165) is 5.56 Å². The van der Waals surface area contributed by atoms with Gasteiger partial charge < -0.3 is 10.3 Å². The van der Waals surface area contributed by atoms with Crippen molar-refractivity contribution < 1.29 is 4.39 Å². The highest BCUT2D eigenvalue weighted by molar-refractivity contribution is 9.10. The van der Waals surface area contributed by atoms with Gasteiger partial charge in [-0.1, -0.05) is 0 Å². The molecule has 0 aromatic carbocycles. The van der Waals surface area contributed by atoms with Crippen molar-refractivity contribution in [1.29, 1.82) is 0 Å². The van der Waals surface area contributed by atoms with E-state index in [-0.39, 0.29) is 5.56 Å². The molecule has 0 saturated heterocycles. The molecule has 1 aromatic rings. The highest BCUT2D eigenvalue weighted by Crippen LogP contribution is 2.16. The fraction of sp³-hybridized carbons (Fsp3) is 0.444. The van der Waals surface area contributed by atoms with Gasteiger partial charge in [-0.25, -0.2) is 0 Å². The molecule has 0 spiro atoms. The van der Waals surface area contributed by atoms with E-state index in [1.807, 2.05) is 0 Å². The summed E-state index contributed by atoms with van der Waals surface area (Å²) < 4.78 is 13.8. The predicted octanol–water partition coefficient (Wildman–Crippen LogP) is 1.86. The van der Waals surface area contributed by atoms with E-state index in [1.165, 1.54) is 4.57 Å². The van der Waals surface area contributed by atoms with Crippen molar-refractivity contribution in [2.45, 2.75) is 19.9 Å². The molecule has 0 radical (unpaired) electrons. The van der Waals surface area contributed by atoms with Crippen LogP contribution in [0, 0.1) is 6.92 Å². The van der Waals surface area contributed by atoms with Gasteiger partial charge >= 0.3 is 0 Å². The monoisotopic (exact) mass is 262 g/mol. The fourth-order valence-electron chi connectivity index (χ4n) is 1.13. The Hall–Kier alpha value is -0.840. The second-order valence-corrected chi connectivity index (χ2v) is 3.86. The lowest BCUT2D eigenvalue weighted by Gasteiger charge is -2.09. The number of pyridine rings is 1. The third-order valence-corrected chi connectivity index (χ3v) is 2.97. The maximum atomic E-state index is 11.9. The molecule has 0 amide bonds.